The Kier molecular flexibility index (Phi) is 4.82. The van der Waals surface area contributed by atoms with Crippen LogP contribution < -0.4 is 15.8 Å². The molecule has 154 valence electrons. The summed E-state index contributed by atoms with van der Waals surface area (Å²) in [6, 6.07) is 6.65. The number of piperidine rings is 1. The molecular weight excluding hydrogens is 400 g/mol. The molecular formula is C21H22N6O2S. The number of aromatic nitrogens is 4. The zero-order chi connectivity index (χ0) is 20.7. The molecule has 1 amide bonds. The highest BCUT2D eigenvalue weighted by Crippen LogP contribution is 2.42. The summed E-state index contributed by atoms with van der Waals surface area (Å²) < 4.78 is 1.71. The molecule has 2 bridgehead atoms. The van der Waals surface area contributed by atoms with Crippen molar-refractivity contribution in [2.75, 3.05) is 18.0 Å². The number of hydrogen-bond donors (Lipinski definition) is 1. The second-order valence-electron chi connectivity index (χ2n) is 7.86. The Bertz CT molecular complexity index is 1130. The van der Waals surface area contributed by atoms with Crippen LogP contribution in [0, 0.1) is 12.8 Å². The van der Waals surface area contributed by atoms with Gasteiger partial charge < -0.3 is 10.2 Å². The van der Waals surface area contributed by atoms with Crippen molar-refractivity contribution in [1.82, 2.24) is 24.8 Å². The molecule has 1 fully saturated rings. The largest absolute Gasteiger partial charge is 0.355 e. The molecule has 3 atom stereocenters. The summed E-state index contributed by atoms with van der Waals surface area (Å²) >= 11 is 1.50. The Labute approximate surface area is 177 Å². The van der Waals surface area contributed by atoms with Crippen LogP contribution in [0.5, 0.6) is 0 Å². The van der Waals surface area contributed by atoms with E-state index in [4.69, 9.17) is 0 Å². The SMILES string of the molecule is Cc1nccc(N2C[C@@H]3C[C@H](C2)[C@H](C(=O)NCc2cscn2)n2c3cccc2=O)n1. The third-order valence-electron chi connectivity index (χ3n) is 5.93. The van der Waals surface area contributed by atoms with Crippen molar-refractivity contribution in [1.29, 1.82) is 0 Å². The first-order chi connectivity index (χ1) is 14.6. The molecule has 9 heteroatoms. The molecule has 1 N–H and O–H groups in total. The number of amides is 1. The van der Waals surface area contributed by atoms with E-state index >= 15 is 0 Å². The molecule has 0 radical (unpaired) electrons. The first-order valence-corrected chi connectivity index (χ1v) is 11.0. The predicted octanol–water partition coefficient (Wildman–Crippen LogP) is 1.88. The van der Waals surface area contributed by atoms with Crippen LogP contribution in [0.1, 0.15) is 35.6 Å². The highest BCUT2D eigenvalue weighted by molar-refractivity contribution is 7.07. The van der Waals surface area contributed by atoms with Crippen LogP contribution in [0.15, 0.2) is 46.1 Å². The highest BCUT2D eigenvalue weighted by Gasteiger charge is 2.44. The maximum absolute atomic E-state index is 13.3. The van der Waals surface area contributed by atoms with E-state index in [9.17, 15) is 9.59 Å². The molecule has 0 unspecified atom stereocenters. The maximum Gasteiger partial charge on any atom is 0.251 e. The molecule has 5 heterocycles. The van der Waals surface area contributed by atoms with Crippen molar-refractivity contribution in [3.63, 3.8) is 0 Å². The van der Waals surface area contributed by atoms with Crippen molar-refractivity contribution in [3.8, 4) is 0 Å². The van der Waals surface area contributed by atoms with E-state index in [1.54, 1.807) is 22.3 Å². The molecule has 0 saturated carbocycles. The number of carbonyl (C=O) groups excluding carboxylic acids is 1. The maximum atomic E-state index is 13.3. The average molecular weight is 423 g/mol. The van der Waals surface area contributed by atoms with Crippen LogP contribution in [0.4, 0.5) is 5.82 Å². The van der Waals surface area contributed by atoms with Gasteiger partial charge in [-0.05, 0) is 25.5 Å². The lowest BCUT2D eigenvalue weighted by atomic mass is 9.78. The van der Waals surface area contributed by atoms with Gasteiger partial charge in [0.25, 0.3) is 5.56 Å². The Morgan fingerprint density at radius 3 is 2.97 bits per heavy atom. The number of pyridine rings is 1. The molecule has 2 aliphatic rings. The normalized spacial score (nSPS) is 22.4. The zero-order valence-corrected chi connectivity index (χ0v) is 17.4. The molecule has 1 saturated heterocycles. The van der Waals surface area contributed by atoms with Gasteiger partial charge in [0.05, 0.1) is 17.7 Å². The number of rotatable bonds is 4. The fourth-order valence-electron chi connectivity index (χ4n) is 4.68. The van der Waals surface area contributed by atoms with Gasteiger partial charge in [0.15, 0.2) is 0 Å². The average Bonchev–Trinajstić information content (AvgIpc) is 3.26. The van der Waals surface area contributed by atoms with Gasteiger partial charge in [0.1, 0.15) is 17.7 Å². The van der Waals surface area contributed by atoms with E-state index in [1.165, 1.54) is 17.4 Å². The minimum absolute atomic E-state index is 0.0158. The Morgan fingerprint density at radius 1 is 1.27 bits per heavy atom. The van der Waals surface area contributed by atoms with Crippen molar-refractivity contribution >= 4 is 23.1 Å². The van der Waals surface area contributed by atoms with Gasteiger partial charge in [-0.2, -0.15) is 0 Å². The van der Waals surface area contributed by atoms with Crippen LogP contribution in [-0.4, -0.2) is 38.5 Å². The second kappa shape index (κ2) is 7.64. The fourth-order valence-corrected chi connectivity index (χ4v) is 5.24. The molecule has 8 nitrogen and oxygen atoms in total. The fraction of sp³-hybridized carbons (Fsp3) is 0.381. The number of nitrogens with zero attached hydrogens (tertiary/aromatic N) is 5. The molecule has 5 rings (SSSR count). The van der Waals surface area contributed by atoms with Gasteiger partial charge >= 0.3 is 0 Å². The number of hydrogen-bond acceptors (Lipinski definition) is 7. The van der Waals surface area contributed by atoms with Crippen LogP contribution in [0.25, 0.3) is 0 Å². The van der Waals surface area contributed by atoms with Crippen molar-refractivity contribution < 1.29 is 4.79 Å². The third kappa shape index (κ3) is 3.39. The van der Waals surface area contributed by atoms with Crippen LogP contribution in [0.2, 0.25) is 0 Å². The molecule has 2 aliphatic heterocycles. The summed E-state index contributed by atoms with van der Waals surface area (Å²) in [5, 5.41) is 4.90. The number of fused-ring (bicyclic) bond motifs is 4. The summed E-state index contributed by atoms with van der Waals surface area (Å²) in [7, 11) is 0. The van der Waals surface area contributed by atoms with Crippen LogP contribution >= 0.6 is 11.3 Å². The smallest absolute Gasteiger partial charge is 0.251 e. The van der Waals surface area contributed by atoms with E-state index < -0.39 is 6.04 Å². The predicted molar refractivity (Wildman–Crippen MR) is 114 cm³/mol. The van der Waals surface area contributed by atoms with Crippen LogP contribution in [0.3, 0.4) is 0 Å². The Balaban J connectivity index is 1.49. The summed E-state index contributed by atoms with van der Waals surface area (Å²) in [6.45, 7) is 3.67. The van der Waals surface area contributed by atoms with Gasteiger partial charge in [-0.1, -0.05) is 6.07 Å². The lowest BCUT2D eigenvalue weighted by Gasteiger charge is -2.46. The summed E-state index contributed by atoms with van der Waals surface area (Å²) in [5.41, 5.74) is 3.37. The van der Waals surface area contributed by atoms with E-state index in [0.717, 1.165) is 36.0 Å². The summed E-state index contributed by atoms with van der Waals surface area (Å²) in [6.07, 6.45) is 2.64. The van der Waals surface area contributed by atoms with Crippen molar-refractivity contribution in [2.45, 2.75) is 31.8 Å². The molecule has 30 heavy (non-hydrogen) atoms. The first-order valence-electron chi connectivity index (χ1n) is 10.0. The number of thiazole rings is 1. The summed E-state index contributed by atoms with van der Waals surface area (Å²) in [5.74, 6) is 1.64. The molecule has 0 aliphatic carbocycles. The van der Waals surface area contributed by atoms with Gasteiger partial charge in [-0.3, -0.25) is 14.2 Å². The monoisotopic (exact) mass is 422 g/mol. The van der Waals surface area contributed by atoms with E-state index in [0.29, 0.717) is 13.1 Å². The molecule has 3 aromatic heterocycles. The zero-order valence-electron chi connectivity index (χ0n) is 16.6. The number of carbonyl (C=O) groups is 1. The van der Waals surface area contributed by atoms with Crippen molar-refractivity contribution in [3.05, 3.63) is 68.9 Å². The molecule has 3 aromatic rings. The minimum Gasteiger partial charge on any atom is -0.355 e. The van der Waals surface area contributed by atoms with E-state index in [1.807, 2.05) is 24.4 Å². The minimum atomic E-state index is -0.547. The Hall–Kier alpha value is -3.07. The molecule has 0 aromatic carbocycles. The third-order valence-corrected chi connectivity index (χ3v) is 6.56. The van der Waals surface area contributed by atoms with Crippen molar-refractivity contribution in [2.24, 2.45) is 5.92 Å². The van der Waals surface area contributed by atoms with Gasteiger partial charge in [-0.15, -0.1) is 11.3 Å². The second-order valence-corrected chi connectivity index (χ2v) is 8.58. The summed E-state index contributed by atoms with van der Waals surface area (Å²) in [4.78, 5) is 41.3. The van der Waals surface area contributed by atoms with Gasteiger partial charge in [-0.25, -0.2) is 15.0 Å². The first kappa shape index (κ1) is 18.9. The Morgan fingerprint density at radius 2 is 2.17 bits per heavy atom. The number of anilines is 1. The van der Waals surface area contributed by atoms with Crippen LogP contribution in [-0.2, 0) is 11.3 Å². The van der Waals surface area contributed by atoms with Gasteiger partial charge in [0.2, 0.25) is 5.91 Å². The lowest BCUT2D eigenvalue weighted by Crippen LogP contribution is -2.53. The lowest BCUT2D eigenvalue weighted by molar-refractivity contribution is -0.127. The quantitative estimate of drug-likeness (QED) is 0.690. The van der Waals surface area contributed by atoms with E-state index in [-0.39, 0.29) is 23.3 Å². The number of aryl methyl sites for hydroxylation is 1. The van der Waals surface area contributed by atoms with Gasteiger partial charge in [0, 0.05) is 48.3 Å². The van der Waals surface area contributed by atoms with E-state index in [2.05, 4.69) is 25.2 Å². The topological polar surface area (TPSA) is 93.0 Å². The number of nitrogens with one attached hydrogen (secondary N) is 1. The highest BCUT2D eigenvalue weighted by atomic mass is 32.1. The standard InChI is InChI=1S/C21H22N6O2S/c1-13-22-6-5-18(25-13)26-9-14-7-15(10-26)20(27-17(14)3-2-4-19(27)28)21(29)23-8-16-11-30-12-24-16/h2-6,11-12,14-15,20H,7-10H2,1H3,(H,23,29)/t14-,15+,20+/m0/s1. The molecule has 0 spiro atoms.